The van der Waals surface area contributed by atoms with Crippen molar-refractivity contribution in [1.29, 1.82) is 0 Å². The molecule has 2 aromatic rings. The predicted octanol–water partition coefficient (Wildman–Crippen LogP) is 3.67. The summed E-state index contributed by atoms with van der Waals surface area (Å²) in [6, 6.07) is 16.6. The van der Waals surface area contributed by atoms with E-state index in [1.165, 1.54) is 16.7 Å². The maximum absolute atomic E-state index is 5.93. The molecule has 0 bridgehead atoms. The first-order valence-corrected chi connectivity index (χ1v) is 10.1. The third kappa shape index (κ3) is 7.29. The number of para-hydroxylation sites is 1. The number of hydrogen-bond donors (Lipinski definition) is 3. The number of guanidine groups is 1. The Morgan fingerprint density at radius 2 is 1.68 bits per heavy atom. The van der Waals surface area contributed by atoms with Gasteiger partial charge in [0.25, 0.3) is 0 Å². The highest BCUT2D eigenvalue weighted by Crippen LogP contribution is 2.22. The molecule has 150 valence electrons. The lowest BCUT2D eigenvalue weighted by molar-refractivity contribution is 0.145. The molecule has 0 atom stereocenters. The molecule has 2 aromatic carbocycles. The van der Waals surface area contributed by atoms with E-state index in [2.05, 4.69) is 59.8 Å². The number of nitrogens with two attached hydrogens (primary N) is 1. The molecule has 0 aromatic heterocycles. The lowest BCUT2D eigenvalue weighted by Crippen LogP contribution is -2.40. The zero-order chi connectivity index (χ0) is 20.2. The van der Waals surface area contributed by atoms with Crippen molar-refractivity contribution in [1.82, 2.24) is 5.32 Å². The maximum Gasteiger partial charge on any atom is 0.194 e. The van der Waals surface area contributed by atoms with E-state index in [9.17, 15) is 0 Å². The molecule has 28 heavy (non-hydrogen) atoms. The second-order valence-corrected chi connectivity index (χ2v) is 6.76. The van der Waals surface area contributed by atoms with Crippen LogP contribution in [0.25, 0.3) is 0 Å². The number of ether oxygens (including phenoxy) is 1. The van der Waals surface area contributed by atoms with Gasteiger partial charge in [-0.05, 0) is 48.2 Å². The molecule has 0 saturated heterocycles. The van der Waals surface area contributed by atoms with Crippen molar-refractivity contribution in [2.75, 3.05) is 25.1 Å². The van der Waals surface area contributed by atoms with Crippen molar-refractivity contribution in [3.05, 3.63) is 65.2 Å². The molecule has 5 nitrogen and oxygen atoms in total. The van der Waals surface area contributed by atoms with E-state index in [0.29, 0.717) is 24.9 Å². The van der Waals surface area contributed by atoms with Crippen LogP contribution in [0.5, 0.6) is 0 Å². The number of thiocarbonyl (C=S) groups is 1. The third-order valence-electron chi connectivity index (χ3n) is 4.37. The van der Waals surface area contributed by atoms with E-state index in [1.54, 1.807) is 0 Å². The summed E-state index contributed by atoms with van der Waals surface area (Å²) in [6.45, 7) is 5.94. The number of aryl methyl sites for hydroxylation is 2. The second kappa shape index (κ2) is 12.1. The lowest BCUT2D eigenvalue weighted by Gasteiger charge is -2.16. The first kappa shape index (κ1) is 21.9. The highest BCUT2D eigenvalue weighted by molar-refractivity contribution is 7.80. The van der Waals surface area contributed by atoms with Gasteiger partial charge in [0, 0.05) is 5.69 Å². The fraction of sp³-hybridized carbons (Fsp3) is 0.364. The van der Waals surface area contributed by atoms with Crippen LogP contribution < -0.4 is 16.4 Å². The van der Waals surface area contributed by atoms with Gasteiger partial charge >= 0.3 is 0 Å². The normalized spacial score (nSPS) is 11.3. The fourth-order valence-corrected chi connectivity index (χ4v) is 3.08. The minimum atomic E-state index is 0.288. The average Bonchev–Trinajstić information content (AvgIpc) is 2.71. The van der Waals surface area contributed by atoms with Crippen molar-refractivity contribution in [3.8, 4) is 0 Å². The zero-order valence-electron chi connectivity index (χ0n) is 16.7. The van der Waals surface area contributed by atoms with Gasteiger partial charge in [0.05, 0.1) is 19.8 Å². The Morgan fingerprint density at radius 3 is 2.32 bits per heavy atom. The second-order valence-electron chi connectivity index (χ2n) is 6.35. The smallest absolute Gasteiger partial charge is 0.194 e. The Labute approximate surface area is 173 Å². The number of anilines is 1. The number of benzene rings is 2. The van der Waals surface area contributed by atoms with Crippen LogP contribution in [0.2, 0.25) is 0 Å². The number of nitrogens with zero attached hydrogens (tertiary/aromatic N) is 1. The number of rotatable bonds is 9. The third-order valence-corrected chi connectivity index (χ3v) is 4.58. The molecule has 0 radical (unpaired) electrons. The number of hydrogen-bond acceptors (Lipinski definition) is 3. The van der Waals surface area contributed by atoms with E-state index in [0.717, 1.165) is 24.9 Å². The fourth-order valence-electron chi connectivity index (χ4n) is 2.87. The summed E-state index contributed by atoms with van der Waals surface area (Å²) in [4.78, 5) is 4.27. The summed E-state index contributed by atoms with van der Waals surface area (Å²) in [6.07, 6.45) is 2.76. The summed E-state index contributed by atoms with van der Waals surface area (Å²) in [5.41, 5.74) is 10.7. The largest absolute Gasteiger partial charge is 0.379 e. The van der Waals surface area contributed by atoms with Gasteiger partial charge in [-0.1, -0.05) is 62.4 Å². The topological polar surface area (TPSA) is 71.7 Å². The Kier molecular flexibility index (Phi) is 9.45. The quantitative estimate of drug-likeness (QED) is 0.260. The Bertz CT molecular complexity index is 755. The minimum absolute atomic E-state index is 0.288. The van der Waals surface area contributed by atoms with Crippen molar-refractivity contribution >= 4 is 29.0 Å². The summed E-state index contributed by atoms with van der Waals surface area (Å²) < 4.78 is 5.61. The Hall–Kier alpha value is -2.44. The van der Waals surface area contributed by atoms with Crippen molar-refractivity contribution in [2.45, 2.75) is 33.1 Å². The monoisotopic (exact) mass is 398 g/mol. The van der Waals surface area contributed by atoms with Crippen molar-refractivity contribution in [3.63, 3.8) is 0 Å². The van der Waals surface area contributed by atoms with E-state index in [4.69, 9.17) is 22.7 Å². The van der Waals surface area contributed by atoms with Crippen LogP contribution in [0.3, 0.4) is 0 Å². The minimum Gasteiger partial charge on any atom is -0.379 e. The van der Waals surface area contributed by atoms with Crippen LogP contribution >= 0.6 is 12.2 Å². The van der Waals surface area contributed by atoms with Gasteiger partial charge in [0.15, 0.2) is 11.1 Å². The highest BCUT2D eigenvalue weighted by Gasteiger charge is 2.08. The summed E-state index contributed by atoms with van der Waals surface area (Å²) in [7, 11) is 0. The van der Waals surface area contributed by atoms with Gasteiger partial charge in [-0.2, -0.15) is 0 Å². The van der Waals surface area contributed by atoms with Gasteiger partial charge in [-0.25, -0.2) is 0 Å². The SMILES string of the molecule is CCc1cccc(CC)c1NC(=S)NC(N)=NCCOCCc1ccccc1. The molecule has 0 unspecified atom stereocenters. The van der Waals surface area contributed by atoms with Crippen LogP contribution in [0, 0.1) is 0 Å². The van der Waals surface area contributed by atoms with Crippen LogP contribution in [-0.4, -0.2) is 30.8 Å². The Morgan fingerprint density at radius 1 is 1.00 bits per heavy atom. The van der Waals surface area contributed by atoms with Crippen LogP contribution in [0.15, 0.2) is 53.5 Å². The van der Waals surface area contributed by atoms with E-state index < -0.39 is 0 Å². The molecule has 0 amide bonds. The molecule has 0 saturated carbocycles. The van der Waals surface area contributed by atoms with Gasteiger partial charge in [0.2, 0.25) is 0 Å². The standard InChI is InChI=1S/C22H30N4OS/c1-3-18-11-8-12-19(4-2)20(18)25-22(28)26-21(23)24-14-16-27-15-13-17-9-6-5-7-10-17/h5-12H,3-4,13-16H2,1-2H3,(H4,23,24,25,26,28). The highest BCUT2D eigenvalue weighted by atomic mass is 32.1. The lowest BCUT2D eigenvalue weighted by atomic mass is 10.0. The Balaban J connectivity index is 1.73. The molecule has 4 N–H and O–H groups in total. The van der Waals surface area contributed by atoms with Crippen LogP contribution in [0.4, 0.5) is 5.69 Å². The van der Waals surface area contributed by atoms with Gasteiger partial charge in [0.1, 0.15) is 0 Å². The van der Waals surface area contributed by atoms with Gasteiger partial charge in [-0.3, -0.25) is 4.99 Å². The molecule has 0 aliphatic rings. The van der Waals surface area contributed by atoms with E-state index >= 15 is 0 Å². The summed E-state index contributed by atoms with van der Waals surface area (Å²) in [5, 5.41) is 6.66. The number of nitrogens with one attached hydrogen (secondary N) is 2. The summed E-state index contributed by atoms with van der Waals surface area (Å²) >= 11 is 5.39. The maximum atomic E-state index is 5.93. The van der Waals surface area contributed by atoms with E-state index in [-0.39, 0.29) is 5.96 Å². The first-order chi connectivity index (χ1) is 13.6. The zero-order valence-corrected chi connectivity index (χ0v) is 17.5. The molecule has 0 fully saturated rings. The van der Waals surface area contributed by atoms with Gasteiger partial charge in [-0.15, -0.1) is 0 Å². The molecule has 2 rings (SSSR count). The molecule has 0 heterocycles. The molecule has 0 aliphatic heterocycles. The van der Waals surface area contributed by atoms with Crippen molar-refractivity contribution < 1.29 is 4.74 Å². The van der Waals surface area contributed by atoms with E-state index in [1.807, 2.05) is 18.2 Å². The van der Waals surface area contributed by atoms with Crippen LogP contribution in [0.1, 0.15) is 30.5 Å². The molecular weight excluding hydrogens is 368 g/mol. The van der Waals surface area contributed by atoms with Crippen molar-refractivity contribution in [2.24, 2.45) is 10.7 Å². The molecule has 0 aliphatic carbocycles. The first-order valence-electron chi connectivity index (χ1n) is 9.74. The average molecular weight is 399 g/mol. The molecule has 0 spiro atoms. The predicted molar refractivity (Wildman–Crippen MR) is 122 cm³/mol. The van der Waals surface area contributed by atoms with Crippen LogP contribution in [-0.2, 0) is 24.0 Å². The van der Waals surface area contributed by atoms with Gasteiger partial charge < -0.3 is 21.1 Å². The summed E-state index contributed by atoms with van der Waals surface area (Å²) in [5.74, 6) is 0.288. The number of aliphatic imine (C=N–C) groups is 1. The molecular formula is C22H30N4OS. The molecule has 6 heteroatoms.